The van der Waals surface area contributed by atoms with Crippen LogP contribution in [0.5, 0.6) is 0 Å². The molecule has 19 heavy (non-hydrogen) atoms. The van der Waals surface area contributed by atoms with Crippen LogP contribution in [-0.4, -0.2) is 16.1 Å². The molecule has 1 N–H and O–H groups in total. The Morgan fingerprint density at radius 2 is 2.26 bits per heavy atom. The lowest BCUT2D eigenvalue weighted by atomic mass is 9.99. The van der Waals surface area contributed by atoms with Gasteiger partial charge >= 0.3 is 0 Å². The number of nitrogens with zero attached hydrogens (tertiary/aromatic N) is 2. The lowest BCUT2D eigenvalue weighted by Gasteiger charge is -2.29. The summed E-state index contributed by atoms with van der Waals surface area (Å²) >= 11 is 12.4. The van der Waals surface area contributed by atoms with Gasteiger partial charge in [-0.2, -0.15) is 5.10 Å². The maximum atomic E-state index is 12.1. The van der Waals surface area contributed by atoms with E-state index in [1.165, 1.54) is 0 Å². The summed E-state index contributed by atoms with van der Waals surface area (Å²) in [5, 5.41) is 7.86. The molecule has 1 aliphatic rings. The van der Waals surface area contributed by atoms with E-state index in [0.717, 1.165) is 22.5 Å². The van der Waals surface area contributed by atoms with Crippen LogP contribution in [0.3, 0.4) is 0 Å². The fraction of sp³-hybridized carbons (Fsp3) is 0.231. The van der Waals surface area contributed by atoms with Gasteiger partial charge in [0.1, 0.15) is 0 Å². The number of aromatic amines is 1. The van der Waals surface area contributed by atoms with Crippen LogP contribution in [0.15, 0.2) is 18.3 Å². The zero-order valence-electron chi connectivity index (χ0n) is 10.2. The van der Waals surface area contributed by atoms with Crippen molar-refractivity contribution in [3.8, 4) is 11.3 Å². The van der Waals surface area contributed by atoms with Crippen LogP contribution in [0.4, 0.5) is 5.69 Å². The summed E-state index contributed by atoms with van der Waals surface area (Å²) in [6.07, 6.45) is 2.15. The first-order chi connectivity index (χ1) is 9.13. The van der Waals surface area contributed by atoms with Gasteiger partial charge in [0.25, 0.3) is 0 Å². The predicted molar refractivity (Wildman–Crippen MR) is 75.5 cm³/mol. The molecule has 98 valence electrons. The number of nitrogens with one attached hydrogen (secondary N) is 1. The lowest BCUT2D eigenvalue weighted by molar-refractivity contribution is -0.118. The van der Waals surface area contributed by atoms with Gasteiger partial charge in [-0.05, 0) is 12.1 Å². The molecule has 1 aromatic carbocycles. The maximum absolute atomic E-state index is 12.1. The average Bonchev–Trinajstić information content (AvgIpc) is 2.88. The minimum absolute atomic E-state index is 0.0477. The van der Waals surface area contributed by atoms with Crippen LogP contribution in [0, 0.1) is 0 Å². The Bertz CT molecular complexity index is 666. The van der Waals surface area contributed by atoms with E-state index in [1.807, 2.05) is 13.0 Å². The smallest absolute Gasteiger partial charge is 0.227 e. The van der Waals surface area contributed by atoms with Crippen molar-refractivity contribution in [2.45, 2.75) is 19.9 Å². The maximum Gasteiger partial charge on any atom is 0.227 e. The first kappa shape index (κ1) is 12.5. The largest absolute Gasteiger partial charge is 0.307 e. The number of carbonyl (C=O) groups excluding carboxylic acids is 1. The van der Waals surface area contributed by atoms with Crippen molar-refractivity contribution in [2.24, 2.45) is 0 Å². The third kappa shape index (κ3) is 1.83. The van der Waals surface area contributed by atoms with Crippen LogP contribution >= 0.6 is 23.2 Å². The van der Waals surface area contributed by atoms with E-state index < -0.39 is 0 Å². The third-order valence-corrected chi connectivity index (χ3v) is 4.07. The molecule has 0 spiro atoms. The number of carbonyl (C=O) groups is 1. The summed E-state index contributed by atoms with van der Waals surface area (Å²) in [5.74, 6) is 0.0477. The van der Waals surface area contributed by atoms with E-state index in [-0.39, 0.29) is 5.91 Å². The highest BCUT2D eigenvalue weighted by Crippen LogP contribution is 2.45. The molecule has 2 heterocycles. The highest BCUT2D eigenvalue weighted by Gasteiger charge is 2.29. The van der Waals surface area contributed by atoms with Gasteiger partial charge in [0.15, 0.2) is 0 Å². The molecule has 0 saturated heterocycles. The van der Waals surface area contributed by atoms with Crippen molar-refractivity contribution in [3.63, 3.8) is 0 Å². The van der Waals surface area contributed by atoms with Crippen LogP contribution in [0.2, 0.25) is 10.0 Å². The number of benzene rings is 1. The fourth-order valence-corrected chi connectivity index (χ4v) is 2.73. The van der Waals surface area contributed by atoms with E-state index in [0.29, 0.717) is 23.0 Å². The summed E-state index contributed by atoms with van der Waals surface area (Å²) in [6, 6.07) is 3.53. The van der Waals surface area contributed by atoms with Gasteiger partial charge in [-0.15, -0.1) is 0 Å². The molecule has 0 radical (unpaired) electrons. The van der Waals surface area contributed by atoms with Crippen molar-refractivity contribution < 1.29 is 4.79 Å². The zero-order valence-corrected chi connectivity index (χ0v) is 11.7. The van der Waals surface area contributed by atoms with Crippen molar-refractivity contribution in [3.05, 3.63) is 33.9 Å². The Kier molecular flexibility index (Phi) is 2.99. The summed E-state index contributed by atoms with van der Waals surface area (Å²) in [5.41, 5.74) is 3.30. The number of fused-ring (bicyclic) bond motifs is 3. The van der Waals surface area contributed by atoms with Gasteiger partial charge in [-0.25, -0.2) is 0 Å². The molecule has 0 saturated carbocycles. The molecule has 1 aliphatic heterocycles. The van der Waals surface area contributed by atoms with Crippen molar-refractivity contribution >= 4 is 34.8 Å². The summed E-state index contributed by atoms with van der Waals surface area (Å²) in [6.45, 7) is 2.34. The molecule has 0 atom stereocenters. The lowest BCUT2D eigenvalue weighted by Crippen LogP contribution is -2.32. The number of H-pyrrole nitrogens is 1. The minimum Gasteiger partial charge on any atom is -0.307 e. The van der Waals surface area contributed by atoms with Gasteiger partial charge in [0.2, 0.25) is 5.91 Å². The number of hydrogen-bond donors (Lipinski definition) is 1. The second kappa shape index (κ2) is 4.54. The van der Waals surface area contributed by atoms with E-state index in [4.69, 9.17) is 23.2 Å². The van der Waals surface area contributed by atoms with Crippen LogP contribution in [0.25, 0.3) is 11.3 Å². The summed E-state index contributed by atoms with van der Waals surface area (Å²) < 4.78 is 0. The predicted octanol–water partition coefficient (Wildman–Crippen LogP) is 3.64. The molecule has 0 unspecified atom stereocenters. The first-order valence-electron chi connectivity index (χ1n) is 5.94. The molecule has 4 nitrogen and oxygen atoms in total. The molecule has 0 fully saturated rings. The second-order valence-corrected chi connectivity index (χ2v) is 5.14. The van der Waals surface area contributed by atoms with E-state index >= 15 is 0 Å². The summed E-state index contributed by atoms with van der Waals surface area (Å²) in [7, 11) is 0. The Morgan fingerprint density at radius 1 is 1.47 bits per heavy atom. The molecule has 6 heteroatoms. The van der Waals surface area contributed by atoms with E-state index in [1.54, 1.807) is 17.2 Å². The topological polar surface area (TPSA) is 49.0 Å². The zero-order chi connectivity index (χ0) is 13.6. The highest BCUT2D eigenvalue weighted by atomic mass is 35.5. The molecule has 2 aromatic rings. The van der Waals surface area contributed by atoms with Gasteiger partial charge < -0.3 is 4.90 Å². The molecular formula is C13H11Cl2N3O. The van der Waals surface area contributed by atoms with Crippen molar-refractivity contribution in [2.75, 3.05) is 4.90 Å². The van der Waals surface area contributed by atoms with Crippen LogP contribution in [-0.2, 0) is 11.3 Å². The third-order valence-electron chi connectivity index (χ3n) is 3.26. The van der Waals surface area contributed by atoms with Gasteiger partial charge in [-0.3, -0.25) is 9.89 Å². The monoisotopic (exact) mass is 295 g/mol. The second-order valence-electron chi connectivity index (χ2n) is 4.36. The highest BCUT2D eigenvalue weighted by molar-refractivity contribution is 6.44. The average molecular weight is 296 g/mol. The Balaban J connectivity index is 2.27. The number of amides is 1. The first-order valence-corrected chi connectivity index (χ1v) is 6.70. The number of hydrogen-bond acceptors (Lipinski definition) is 2. The number of aromatic nitrogens is 2. The quantitative estimate of drug-likeness (QED) is 0.873. The molecule has 0 aliphatic carbocycles. The van der Waals surface area contributed by atoms with Gasteiger partial charge in [0, 0.05) is 17.5 Å². The SMILES string of the molecule is CCC(=O)N1Cc2cn[nH]c2-c2c1ccc(Cl)c2Cl. The molecule has 0 bridgehead atoms. The molecular weight excluding hydrogens is 285 g/mol. The molecule has 3 rings (SSSR count). The van der Waals surface area contributed by atoms with Crippen LogP contribution < -0.4 is 4.90 Å². The van der Waals surface area contributed by atoms with Crippen LogP contribution in [0.1, 0.15) is 18.9 Å². The van der Waals surface area contributed by atoms with Crippen molar-refractivity contribution in [1.82, 2.24) is 10.2 Å². The Hall–Kier alpha value is -1.52. The fourth-order valence-electron chi connectivity index (χ4n) is 2.32. The molecule has 1 amide bonds. The van der Waals surface area contributed by atoms with E-state index in [2.05, 4.69) is 10.2 Å². The summed E-state index contributed by atoms with van der Waals surface area (Å²) in [4.78, 5) is 13.8. The van der Waals surface area contributed by atoms with Crippen molar-refractivity contribution in [1.29, 1.82) is 0 Å². The normalized spacial score (nSPS) is 13.1. The number of halogens is 2. The molecule has 1 aromatic heterocycles. The number of anilines is 1. The van der Waals surface area contributed by atoms with Gasteiger partial charge in [-0.1, -0.05) is 30.1 Å². The standard InChI is InChI=1S/C13H11Cl2N3O/c1-2-10(19)18-6-7-5-16-17-13(7)11-9(18)4-3-8(14)12(11)15/h3-5H,2,6H2,1H3,(H,16,17). The van der Waals surface area contributed by atoms with Gasteiger partial charge in [0.05, 0.1) is 34.2 Å². The number of rotatable bonds is 1. The minimum atomic E-state index is 0.0477. The Morgan fingerprint density at radius 3 is 3.00 bits per heavy atom. The Labute approximate surface area is 120 Å². The van der Waals surface area contributed by atoms with E-state index in [9.17, 15) is 4.79 Å².